The molecular formula is C21H20ClN3O3S. The number of rotatable bonds is 7. The molecule has 1 heterocycles. The molecule has 0 aliphatic carbocycles. The van der Waals surface area contributed by atoms with Gasteiger partial charge in [-0.3, -0.25) is 9.59 Å². The summed E-state index contributed by atoms with van der Waals surface area (Å²) in [5.74, 6) is 0.245. The Morgan fingerprint density at radius 2 is 1.90 bits per heavy atom. The Bertz CT molecular complexity index is 1000. The van der Waals surface area contributed by atoms with Gasteiger partial charge in [0.15, 0.2) is 5.13 Å². The number of amides is 2. The number of para-hydroxylation sites is 1. The fourth-order valence-corrected chi connectivity index (χ4v) is 3.71. The van der Waals surface area contributed by atoms with E-state index in [0.29, 0.717) is 15.9 Å². The zero-order valence-corrected chi connectivity index (χ0v) is 17.5. The van der Waals surface area contributed by atoms with E-state index in [1.54, 1.807) is 31.4 Å². The first kappa shape index (κ1) is 20.8. The molecule has 2 aromatic carbocycles. The third-order valence-electron chi connectivity index (χ3n) is 4.17. The van der Waals surface area contributed by atoms with Crippen molar-refractivity contribution in [2.75, 3.05) is 12.4 Å². The topological polar surface area (TPSA) is 80.3 Å². The maximum atomic E-state index is 12.6. The molecule has 0 aliphatic heterocycles. The number of aromatic nitrogens is 1. The van der Waals surface area contributed by atoms with Gasteiger partial charge in [0.2, 0.25) is 11.8 Å². The van der Waals surface area contributed by atoms with Gasteiger partial charge in [0.25, 0.3) is 0 Å². The average molecular weight is 430 g/mol. The Morgan fingerprint density at radius 1 is 1.17 bits per heavy atom. The van der Waals surface area contributed by atoms with Gasteiger partial charge >= 0.3 is 0 Å². The summed E-state index contributed by atoms with van der Waals surface area (Å²) in [7, 11) is 1.60. The van der Waals surface area contributed by atoms with Crippen molar-refractivity contribution < 1.29 is 14.3 Å². The van der Waals surface area contributed by atoms with Crippen LogP contribution in [0.4, 0.5) is 5.13 Å². The highest BCUT2D eigenvalue weighted by Gasteiger charge is 2.18. The largest absolute Gasteiger partial charge is 0.496 e. The second kappa shape index (κ2) is 9.54. The highest BCUT2D eigenvalue weighted by atomic mass is 35.5. The normalized spacial score (nSPS) is 11.6. The molecule has 0 saturated carbocycles. The van der Waals surface area contributed by atoms with Crippen LogP contribution in [0.15, 0.2) is 53.9 Å². The average Bonchev–Trinajstić information content (AvgIpc) is 3.15. The van der Waals surface area contributed by atoms with Crippen LogP contribution in [0.25, 0.3) is 11.3 Å². The number of benzene rings is 2. The number of carbonyl (C=O) groups is 2. The Hall–Kier alpha value is -2.90. The van der Waals surface area contributed by atoms with Gasteiger partial charge in [-0.15, -0.1) is 11.3 Å². The van der Waals surface area contributed by atoms with Gasteiger partial charge in [0.05, 0.1) is 25.3 Å². The van der Waals surface area contributed by atoms with Gasteiger partial charge in [-0.2, -0.15) is 0 Å². The summed E-state index contributed by atoms with van der Waals surface area (Å²) in [6, 6.07) is 14.1. The maximum Gasteiger partial charge on any atom is 0.228 e. The van der Waals surface area contributed by atoms with Crippen LogP contribution in [-0.4, -0.2) is 23.9 Å². The summed E-state index contributed by atoms with van der Waals surface area (Å²) in [5, 5.41) is 8.54. The third-order valence-corrected chi connectivity index (χ3v) is 5.18. The Balaban J connectivity index is 1.71. The number of anilines is 1. The third kappa shape index (κ3) is 5.56. The number of carbonyl (C=O) groups excluding carboxylic acids is 2. The van der Waals surface area contributed by atoms with E-state index in [9.17, 15) is 9.59 Å². The minimum absolute atomic E-state index is 0.0742. The fourth-order valence-electron chi connectivity index (χ4n) is 2.86. The van der Waals surface area contributed by atoms with Crippen LogP contribution in [0.5, 0.6) is 5.75 Å². The molecule has 0 radical (unpaired) electrons. The number of nitrogens with one attached hydrogen (secondary N) is 2. The van der Waals surface area contributed by atoms with Crippen molar-refractivity contribution in [3.05, 3.63) is 64.5 Å². The first-order valence-electron chi connectivity index (χ1n) is 8.87. The van der Waals surface area contributed by atoms with Crippen molar-refractivity contribution in [1.29, 1.82) is 0 Å². The predicted octanol–water partition coefficient (Wildman–Crippen LogP) is 4.68. The molecule has 8 heteroatoms. The molecule has 2 amide bonds. The summed E-state index contributed by atoms with van der Waals surface area (Å²) in [5.41, 5.74) is 2.37. The fraction of sp³-hybridized carbons (Fsp3) is 0.190. The molecule has 150 valence electrons. The molecule has 1 unspecified atom stereocenters. The smallest absolute Gasteiger partial charge is 0.228 e. The highest BCUT2D eigenvalue weighted by Crippen LogP contribution is 2.32. The van der Waals surface area contributed by atoms with E-state index in [-0.39, 0.29) is 18.2 Å². The maximum absolute atomic E-state index is 12.6. The van der Waals surface area contributed by atoms with E-state index in [1.807, 2.05) is 29.6 Å². The van der Waals surface area contributed by atoms with Crippen molar-refractivity contribution >= 4 is 39.9 Å². The molecule has 3 aromatic rings. The van der Waals surface area contributed by atoms with Gasteiger partial charge in [-0.25, -0.2) is 4.98 Å². The lowest BCUT2D eigenvalue weighted by molar-refractivity contribution is -0.120. The second-order valence-electron chi connectivity index (χ2n) is 6.30. The summed E-state index contributed by atoms with van der Waals surface area (Å²) in [4.78, 5) is 28.6. The number of methoxy groups -OCH3 is 1. The monoisotopic (exact) mass is 429 g/mol. The molecule has 0 saturated heterocycles. The predicted molar refractivity (Wildman–Crippen MR) is 115 cm³/mol. The van der Waals surface area contributed by atoms with Gasteiger partial charge in [0, 0.05) is 22.9 Å². The number of halogens is 1. The number of nitrogens with zero attached hydrogens (tertiary/aromatic N) is 1. The minimum Gasteiger partial charge on any atom is -0.496 e. The van der Waals surface area contributed by atoms with Crippen molar-refractivity contribution in [3.63, 3.8) is 0 Å². The highest BCUT2D eigenvalue weighted by molar-refractivity contribution is 7.14. The Labute approximate surface area is 177 Å². The molecule has 6 nitrogen and oxygen atoms in total. The Kier molecular flexibility index (Phi) is 6.85. The summed E-state index contributed by atoms with van der Waals surface area (Å²) in [6.45, 7) is 1.42. The van der Waals surface area contributed by atoms with Crippen molar-refractivity contribution in [2.24, 2.45) is 0 Å². The van der Waals surface area contributed by atoms with E-state index in [2.05, 4.69) is 15.6 Å². The summed E-state index contributed by atoms with van der Waals surface area (Å²) >= 11 is 7.25. The molecule has 1 aromatic heterocycles. The number of hydrogen-bond acceptors (Lipinski definition) is 5. The molecule has 2 N–H and O–H groups in total. The van der Waals surface area contributed by atoms with Crippen molar-refractivity contribution in [1.82, 2.24) is 10.3 Å². The molecule has 0 fully saturated rings. The van der Waals surface area contributed by atoms with E-state index in [1.165, 1.54) is 18.3 Å². The number of hydrogen-bond donors (Lipinski definition) is 2. The van der Waals surface area contributed by atoms with Crippen LogP contribution in [-0.2, 0) is 9.59 Å². The number of thiazole rings is 1. The molecule has 0 spiro atoms. The lowest BCUT2D eigenvalue weighted by Crippen LogP contribution is -2.29. The lowest BCUT2D eigenvalue weighted by atomic mass is 10.0. The van der Waals surface area contributed by atoms with E-state index in [4.69, 9.17) is 16.3 Å². The zero-order chi connectivity index (χ0) is 20.8. The van der Waals surface area contributed by atoms with Gasteiger partial charge in [0.1, 0.15) is 5.75 Å². The van der Waals surface area contributed by atoms with E-state index >= 15 is 0 Å². The van der Waals surface area contributed by atoms with Crippen LogP contribution < -0.4 is 15.4 Å². The molecule has 29 heavy (non-hydrogen) atoms. The van der Waals surface area contributed by atoms with Gasteiger partial charge in [-0.05, 0) is 29.8 Å². The first-order valence-corrected chi connectivity index (χ1v) is 10.1. The minimum atomic E-state index is -0.460. The summed E-state index contributed by atoms with van der Waals surface area (Å²) < 4.78 is 5.36. The molecule has 1 atom stereocenters. The quantitative estimate of drug-likeness (QED) is 0.571. The van der Waals surface area contributed by atoms with Crippen molar-refractivity contribution in [3.8, 4) is 17.0 Å². The second-order valence-corrected chi connectivity index (χ2v) is 7.59. The Morgan fingerprint density at radius 3 is 2.59 bits per heavy atom. The number of ether oxygens (including phenoxy) is 1. The molecule has 3 rings (SSSR count). The first-order chi connectivity index (χ1) is 14.0. The lowest BCUT2D eigenvalue weighted by Gasteiger charge is -2.17. The SMILES string of the molecule is COc1ccccc1-c1csc(NC(=O)CC(NC(C)=O)c2ccc(Cl)cc2)n1. The van der Waals surface area contributed by atoms with Crippen LogP contribution in [0, 0.1) is 0 Å². The van der Waals surface area contributed by atoms with Crippen LogP contribution >= 0.6 is 22.9 Å². The van der Waals surface area contributed by atoms with Crippen molar-refractivity contribution in [2.45, 2.75) is 19.4 Å². The summed E-state index contributed by atoms with van der Waals surface area (Å²) in [6.07, 6.45) is 0.0742. The van der Waals surface area contributed by atoms with Crippen LogP contribution in [0.1, 0.15) is 24.9 Å². The molecule has 0 aliphatic rings. The molecular weight excluding hydrogens is 410 g/mol. The van der Waals surface area contributed by atoms with E-state index < -0.39 is 6.04 Å². The van der Waals surface area contributed by atoms with Gasteiger partial charge in [-0.1, -0.05) is 35.9 Å². The van der Waals surface area contributed by atoms with Crippen LogP contribution in [0.3, 0.4) is 0 Å². The van der Waals surface area contributed by atoms with E-state index in [0.717, 1.165) is 16.8 Å². The molecule has 0 bridgehead atoms. The van der Waals surface area contributed by atoms with Crippen LogP contribution in [0.2, 0.25) is 5.02 Å². The zero-order valence-electron chi connectivity index (χ0n) is 15.9. The van der Waals surface area contributed by atoms with Gasteiger partial charge < -0.3 is 15.4 Å². The standard InChI is InChI=1S/C21H20ClN3O3S/c1-13(26)23-17(14-7-9-15(22)10-8-14)11-20(27)25-21-24-18(12-29-21)16-5-3-4-6-19(16)28-2/h3-10,12,17H,11H2,1-2H3,(H,23,26)(H,24,25,27).